The lowest BCUT2D eigenvalue weighted by molar-refractivity contribution is -0.274. The first kappa shape index (κ1) is 24.7. The molecule has 1 heterocycles. The Hall–Kier alpha value is -3.44. The number of aromatic nitrogens is 1. The van der Waals surface area contributed by atoms with Crippen LogP contribution in [0, 0.1) is 6.92 Å². The number of nitrogens with zero attached hydrogens (tertiary/aromatic N) is 1. The summed E-state index contributed by atoms with van der Waals surface area (Å²) in [5, 5.41) is 2.65. The lowest BCUT2D eigenvalue weighted by Crippen LogP contribution is -2.25. The van der Waals surface area contributed by atoms with E-state index >= 15 is 0 Å². The fourth-order valence-corrected chi connectivity index (χ4v) is 4.77. The number of ether oxygens (including phenoxy) is 1. The van der Waals surface area contributed by atoms with Crippen LogP contribution < -0.4 is 14.8 Å². The van der Waals surface area contributed by atoms with E-state index in [1.165, 1.54) is 36.4 Å². The zero-order chi connectivity index (χ0) is 25.2. The van der Waals surface area contributed by atoms with E-state index in [-0.39, 0.29) is 40.4 Å². The first-order valence-corrected chi connectivity index (χ1v) is 12.2. The summed E-state index contributed by atoms with van der Waals surface area (Å²) in [7, 11) is -3.57. The number of carbonyl (C=O) groups excluding carboxylic acids is 1. The van der Waals surface area contributed by atoms with Crippen molar-refractivity contribution in [1.82, 2.24) is 9.71 Å². The molecule has 1 amide bonds. The van der Waals surface area contributed by atoms with Crippen molar-refractivity contribution in [3.63, 3.8) is 0 Å². The summed E-state index contributed by atoms with van der Waals surface area (Å²) in [4.78, 5) is 16.9. The predicted molar refractivity (Wildman–Crippen MR) is 123 cm³/mol. The molecule has 7 nitrogen and oxygen atoms in total. The molecular weight excluding hydrogens is 483 g/mol. The average Bonchev–Trinajstić information content (AvgIpc) is 3.57. The van der Waals surface area contributed by atoms with Gasteiger partial charge in [0.1, 0.15) is 11.6 Å². The van der Waals surface area contributed by atoms with Crippen LogP contribution in [0.25, 0.3) is 11.1 Å². The van der Waals surface area contributed by atoms with Crippen LogP contribution in [0.2, 0.25) is 0 Å². The number of pyridine rings is 1. The third-order valence-electron chi connectivity index (χ3n) is 5.25. The summed E-state index contributed by atoms with van der Waals surface area (Å²) in [6.45, 7) is 1.62. The molecule has 1 aliphatic rings. The highest BCUT2D eigenvalue weighted by atomic mass is 32.2. The lowest BCUT2D eigenvalue weighted by Gasteiger charge is -2.15. The maximum atomic E-state index is 12.7. The second-order valence-electron chi connectivity index (χ2n) is 8.14. The molecule has 1 aliphatic carbocycles. The van der Waals surface area contributed by atoms with E-state index in [1.807, 2.05) is 0 Å². The van der Waals surface area contributed by atoms with Gasteiger partial charge in [-0.15, -0.1) is 13.2 Å². The number of amides is 1. The minimum Gasteiger partial charge on any atom is -0.405 e. The molecule has 3 aromatic rings. The first-order valence-electron chi connectivity index (χ1n) is 10.7. The standard InChI is InChI=1S/C24H22F3N3O4S/c1-15-19(20-4-2-3-5-21(20)34-24(25,26)27)12-13-22(28-15)29-23(31)14-16-6-10-18(11-7-16)35(32,33)30-17-8-9-17/h2-7,10-13,17,30H,8-9,14H2,1H3,(H,28,29,31). The molecular formula is C24H22F3N3O4S. The van der Waals surface area contributed by atoms with E-state index in [0.717, 1.165) is 12.8 Å². The van der Waals surface area contributed by atoms with Crippen LogP contribution in [-0.2, 0) is 21.2 Å². The molecule has 11 heteroatoms. The fourth-order valence-electron chi connectivity index (χ4n) is 3.47. The van der Waals surface area contributed by atoms with E-state index < -0.39 is 16.4 Å². The van der Waals surface area contributed by atoms with Crippen LogP contribution >= 0.6 is 0 Å². The smallest absolute Gasteiger partial charge is 0.405 e. The SMILES string of the molecule is Cc1nc(NC(=O)Cc2ccc(S(=O)(=O)NC3CC3)cc2)ccc1-c1ccccc1OC(F)(F)F. The maximum absolute atomic E-state index is 12.7. The van der Waals surface area contributed by atoms with Crippen molar-refractivity contribution >= 4 is 21.7 Å². The van der Waals surface area contributed by atoms with E-state index in [1.54, 1.807) is 31.2 Å². The molecule has 2 N–H and O–H groups in total. The van der Waals surface area contributed by atoms with Crippen LogP contribution in [-0.4, -0.2) is 31.7 Å². The van der Waals surface area contributed by atoms with Gasteiger partial charge in [0.2, 0.25) is 15.9 Å². The number of anilines is 1. The number of carbonyl (C=O) groups is 1. The Morgan fingerprint density at radius 1 is 1.03 bits per heavy atom. The van der Waals surface area contributed by atoms with Gasteiger partial charge in [0.25, 0.3) is 0 Å². The molecule has 0 atom stereocenters. The Morgan fingerprint density at radius 2 is 1.71 bits per heavy atom. The zero-order valence-corrected chi connectivity index (χ0v) is 19.4. The van der Waals surface area contributed by atoms with Crippen LogP contribution in [0.3, 0.4) is 0 Å². The van der Waals surface area contributed by atoms with Crippen molar-refractivity contribution in [2.75, 3.05) is 5.32 Å². The predicted octanol–water partition coefficient (Wildman–Crippen LogP) is 4.58. The third kappa shape index (κ3) is 6.58. The normalized spacial score (nSPS) is 13.9. The highest BCUT2D eigenvalue weighted by molar-refractivity contribution is 7.89. The van der Waals surface area contributed by atoms with Crippen molar-refractivity contribution < 1.29 is 31.1 Å². The van der Waals surface area contributed by atoms with Gasteiger partial charge in [0.15, 0.2) is 0 Å². The summed E-state index contributed by atoms with van der Waals surface area (Å²) in [5.74, 6) is -0.491. The van der Waals surface area contributed by atoms with Crippen LogP contribution in [0.4, 0.5) is 19.0 Å². The molecule has 1 fully saturated rings. The number of hydrogen-bond donors (Lipinski definition) is 2. The molecule has 0 radical (unpaired) electrons. The topological polar surface area (TPSA) is 97.4 Å². The minimum absolute atomic E-state index is 0.00144. The Labute approximate surface area is 200 Å². The first-order chi connectivity index (χ1) is 16.5. The largest absolute Gasteiger partial charge is 0.573 e. The van der Waals surface area contributed by atoms with Gasteiger partial charge in [-0.3, -0.25) is 4.79 Å². The lowest BCUT2D eigenvalue weighted by atomic mass is 10.0. The monoisotopic (exact) mass is 505 g/mol. The Morgan fingerprint density at radius 3 is 2.34 bits per heavy atom. The number of halogens is 3. The quantitative estimate of drug-likeness (QED) is 0.467. The summed E-state index contributed by atoms with van der Waals surface area (Å²) >= 11 is 0. The molecule has 1 saturated carbocycles. The van der Waals surface area contributed by atoms with E-state index in [9.17, 15) is 26.4 Å². The summed E-state index contributed by atoms with van der Waals surface area (Å²) in [6, 6.07) is 14.8. The fraction of sp³-hybridized carbons (Fsp3) is 0.250. The van der Waals surface area contributed by atoms with Gasteiger partial charge in [-0.05, 0) is 55.7 Å². The molecule has 1 aromatic heterocycles. The molecule has 184 valence electrons. The van der Waals surface area contributed by atoms with Gasteiger partial charge < -0.3 is 10.1 Å². The number of rotatable bonds is 8. The van der Waals surface area contributed by atoms with Gasteiger partial charge >= 0.3 is 6.36 Å². The molecule has 2 aromatic carbocycles. The minimum atomic E-state index is -4.83. The molecule has 4 rings (SSSR count). The van der Waals surface area contributed by atoms with Gasteiger partial charge in [0.05, 0.1) is 11.3 Å². The summed E-state index contributed by atoms with van der Waals surface area (Å²) in [5.41, 5.74) is 1.66. The van der Waals surface area contributed by atoms with Gasteiger partial charge in [0, 0.05) is 22.9 Å². The van der Waals surface area contributed by atoms with E-state index in [0.29, 0.717) is 16.8 Å². The van der Waals surface area contributed by atoms with Crippen molar-refractivity contribution in [1.29, 1.82) is 0 Å². The van der Waals surface area contributed by atoms with Crippen LogP contribution in [0.15, 0.2) is 65.6 Å². The summed E-state index contributed by atoms with van der Waals surface area (Å²) < 4.78 is 69.4. The number of para-hydroxylation sites is 1. The van der Waals surface area contributed by atoms with Crippen LogP contribution in [0.5, 0.6) is 5.75 Å². The number of benzene rings is 2. The van der Waals surface area contributed by atoms with Crippen molar-refractivity contribution in [3.8, 4) is 16.9 Å². The van der Waals surface area contributed by atoms with Crippen molar-refractivity contribution in [2.24, 2.45) is 0 Å². The number of sulfonamides is 1. The maximum Gasteiger partial charge on any atom is 0.573 e. The molecule has 35 heavy (non-hydrogen) atoms. The molecule has 0 saturated heterocycles. The molecule has 0 unspecified atom stereocenters. The molecule has 0 spiro atoms. The summed E-state index contributed by atoms with van der Waals surface area (Å²) in [6.07, 6.45) is -3.18. The number of nitrogens with one attached hydrogen (secondary N) is 2. The second-order valence-corrected chi connectivity index (χ2v) is 9.85. The third-order valence-corrected chi connectivity index (χ3v) is 6.79. The second kappa shape index (κ2) is 9.67. The Bertz CT molecular complexity index is 1340. The van der Waals surface area contributed by atoms with E-state index in [4.69, 9.17) is 0 Å². The highest BCUT2D eigenvalue weighted by Crippen LogP contribution is 2.35. The number of hydrogen-bond acceptors (Lipinski definition) is 5. The average molecular weight is 506 g/mol. The zero-order valence-electron chi connectivity index (χ0n) is 18.6. The van der Waals surface area contributed by atoms with E-state index in [2.05, 4.69) is 19.8 Å². The van der Waals surface area contributed by atoms with Gasteiger partial charge in [-0.2, -0.15) is 0 Å². The van der Waals surface area contributed by atoms with Crippen molar-refractivity contribution in [3.05, 3.63) is 71.9 Å². The number of aryl methyl sites for hydroxylation is 1. The molecule has 0 aliphatic heterocycles. The Balaban J connectivity index is 1.42. The van der Waals surface area contributed by atoms with Crippen molar-refractivity contribution in [2.45, 2.75) is 43.5 Å². The van der Waals surface area contributed by atoms with Gasteiger partial charge in [-0.25, -0.2) is 18.1 Å². The highest BCUT2D eigenvalue weighted by Gasteiger charge is 2.32. The Kier molecular flexibility index (Phi) is 6.82. The van der Waals surface area contributed by atoms with Gasteiger partial charge in [-0.1, -0.05) is 30.3 Å². The number of alkyl halides is 3. The van der Waals surface area contributed by atoms with Crippen LogP contribution in [0.1, 0.15) is 24.1 Å². The molecule has 0 bridgehead atoms.